The van der Waals surface area contributed by atoms with Gasteiger partial charge in [0.05, 0.1) is 22.9 Å². The summed E-state index contributed by atoms with van der Waals surface area (Å²) in [4.78, 5) is 25.4. The Labute approximate surface area is 108 Å². The zero-order valence-electron chi connectivity index (χ0n) is 10.2. The lowest BCUT2D eigenvalue weighted by Crippen LogP contribution is -2.31. The zero-order chi connectivity index (χ0) is 14.0. The molecule has 0 aliphatic carbocycles. The lowest BCUT2D eigenvalue weighted by molar-refractivity contribution is 0.423. The molecule has 0 unspecified atom stereocenters. The second-order valence-corrected chi connectivity index (χ2v) is 3.91. The van der Waals surface area contributed by atoms with E-state index in [-0.39, 0.29) is 11.4 Å². The van der Waals surface area contributed by atoms with Gasteiger partial charge in [0, 0.05) is 0 Å². The van der Waals surface area contributed by atoms with Crippen molar-refractivity contribution < 1.29 is 5.11 Å². The number of nitriles is 1. The van der Waals surface area contributed by atoms with Crippen LogP contribution in [-0.4, -0.2) is 14.7 Å². The molecule has 0 bridgehead atoms. The molecule has 2 N–H and O–H groups in total. The molecule has 0 aliphatic rings. The number of H-pyrrole nitrogens is 1. The number of nitrogens with one attached hydrogen (secondary N) is 1. The summed E-state index contributed by atoms with van der Waals surface area (Å²) in [5, 5.41) is 18.7. The summed E-state index contributed by atoms with van der Waals surface area (Å²) >= 11 is 0. The fourth-order valence-electron chi connectivity index (χ4n) is 1.80. The van der Waals surface area contributed by atoms with E-state index in [0.717, 1.165) is 4.57 Å². The van der Waals surface area contributed by atoms with Crippen LogP contribution in [0.4, 0.5) is 0 Å². The van der Waals surface area contributed by atoms with Crippen LogP contribution in [0, 0.1) is 11.3 Å². The lowest BCUT2D eigenvalue weighted by atomic mass is 10.2. The third-order valence-electron chi connectivity index (χ3n) is 2.79. The van der Waals surface area contributed by atoms with Crippen LogP contribution < -0.4 is 11.2 Å². The Morgan fingerprint density at radius 3 is 2.47 bits per heavy atom. The Kier molecular flexibility index (Phi) is 3.21. The van der Waals surface area contributed by atoms with Crippen LogP contribution in [0.25, 0.3) is 5.69 Å². The van der Waals surface area contributed by atoms with E-state index in [1.807, 2.05) is 6.07 Å². The highest BCUT2D eigenvalue weighted by Crippen LogP contribution is 2.16. The van der Waals surface area contributed by atoms with Gasteiger partial charge in [-0.25, -0.2) is 9.36 Å². The number of aromatic nitrogens is 2. The number of nitrogens with zero attached hydrogens (tertiary/aromatic N) is 2. The molecule has 0 saturated carbocycles. The summed E-state index contributed by atoms with van der Waals surface area (Å²) in [6.07, 6.45) is 0.303. The van der Waals surface area contributed by atoms with Crippen LogP contribution in [0.2, 0.25) is 0 Å². The third-order valence-corrected chi connectivity index (χ3v) is 2.79. The molecule has 2 rings (SSSR count). The molecular formula is C13H11N3O3. The van der Waals surface area contributed by atoms with E-state index < -0.39 is 11.2 Å². The molecule has 1 aromatic carbocycles. The summed E-state index contributed by atoms with van der Waals surface area (Å²) < 4.78 is 1.00. The summed E-state index contributed by atoms with van der Waals surface area (Å²) in [7, 11) is 0. The Morgan fingerprint density at radius 1 is 1.32 bits per heavy atom. The SMILES string of the molecule is CCc1c(O)n(-c2ccc(C#N)cc2)c(=O)[nH]c1=O. The van der Waals surface area contributed by atoms with E-state index in [1.165, 1.54) is 24.3 Å². The third kappa shape index (κ3) is 2.13. The molecule has 6 nitrogen and oxygen atoms in total. The normalized spacial score (nSPS) is 10.1. The Balaban J connectivity index is 2.72. The van der Waals surface area contributed by atoms with Gasteiger partial charge in [0.2, 0.25) is 5.88 Å². The summed E-state index contributed by atoms with van der Waals surface area (Å²) in [6.45, 7) is 1.71. The van der Waals surface area contributed by atoms with Crippen molar-refractivity contribution in [3.8, 4) is 17.6 Å². The van der Waals surface area contributed by atoms with Crippen LogP contribution in [-0.2, 0) is 6.42 Å². The van der Waals surface area contributed by atoms with Crippen molar-refractivity contribution in [1.29, 1.82) is 5.26 Å². The highest BCUT2D eigenvalue weighted by atomic mass is 16.3. The smallest absolute Gasteiger partial charge is 0.335 e. The predicted molar refractivity (Wildman–Crippen MR) is 68.4 cm³/mol. The topological polar surface area (TPSA) is 98.9 Å². The number of hydrogen-bond acceptors (Lipinski definition) is 4. The van der Waals surface area contributed by atoms with E-state index in [9.17, 15) is 14.7 Å². The van der Waals surface area contributed by atoms with E-state index >= 15 is 0 Å². The van der Waals surface area contributed by atoms with Gasteiger partial charge in [-0.3, -0.25) is 9.78 Å². The Bertz CT molecular complexity index is 764. The quantitative estimate of drug-likeness (QED) is 0.825. The van der Waals surface area contributed by atoms with Gasteiger partial charge in [-0.15, -0.1) is 0 Å². The second-order valence-electron chi connectivity index (χ2n) is 3.91. The van der Waals surface area contributed by atoms with Crippen molar-refractivity contribution in [3.05, 3.63) is 56.2 Å². The maximum absolute atomic E-state index is 11.8. The van der Waals surface area contributed by atoms with Crippen LogP contribution in [0.1, 0.15) is 18.1 Å². The van der Waals surface area contributed by atoms with Gasteiger partial charge in [-0.2, -0.15) is 5.26 Å². The first-order valence-corrected chi connectivity index (χ1v) is 5.66. The first-order chi connectivity index (χ1) is 9.08. The van der Waals surface area contributed by atoms with Gasteiger partial charge >= 0.3 is 5.69 Å². The van der Waals surface area contributed by atoms with E-state index in [1.54, 1.807) is 6.92 Å². The number of benzene rings is 1. The minimum atomic E-state index is -0.718. The highest BCUT2D eigenvalue weighted by Gasteiger charge is 2.13. The van der Waals surface area contributed by atoms with Crippen LogP contribution in [0.3, 0.4) is 0 Å². The van der Waals surface area contributed by atoms with Crippen LogP contribution in [0.15, 0.2) is 33.9 Å². The molecule has 0 radical (unpaired) electrons. The van der Waals surface area contributed by atoms with E-state index in [4.69, 9.17) is 5.26 Å². The first kappa shape index (κ1) is 12.6. The molecule has 1 heterocycles. The number of aromatic hydroxyl groups is 1. The van der Waals surface area contributed by atoms with Gasteiger partial charge in [-0.05, 0) is 30.7 Å². The maximum Gasteiger partial charge on any atom is 0.335 e. The van der Waals surface area contributed by atoms with Crippen molar-refractivity contribution in [3.63, 3.8) is 0 Å². The van der Waals surface area contributed by atoms with Gasteiger partial charge in [-0.1, -0.05) is 6.92 Å². The molecule has 96 valence electrons. The van der Waals surface area contributed by atoms with Crippen molar-refractivity contribution in [2.24, 2.45) is 0 Å². The monoisotopic (exact) mass is 257 g/mol. The van der Waals surface area contributed by atoms with E-state index in [2.05, 4.69) is 4.98 Å². The molecule has 0 atom stereocenters. The summed E-state index contributed by atoms with van der Waals surface area (Å²) in [5.74, 6) is -0.374. The van der Waals surface area contributed by atoms with Crippen molar-refractivity contribution in [1.82, 2.24) is 9.55 Å². The lowest BCUT2D eigenvalue weighted by Gasteiger charge is -2.10. The first-order valence-electron chi connectivity index (χ1n) is 5.66. The molecular weight excluding hydrogens is 246 g/mol. The predicted octanol–water partition coefficient (Wildman–Crippen LogP) is 0.665. The largest absolute Gasteiger partial charge is 0.494 e. The van der Waals surface area contributed by atoms with Gasteiger partial charge < -0.3 is 5.11 Å². The summed E-state index contributed by atoms with van der Waals surface area (Å²) in [6, 6.07) is 8.06. The van der Waals surface area contributed by atoms with Gasteiger partial charge in [0.25, 0.3) is 5.56 Å². The molecule has 2 aromatic rings. The summed E-state index contributed by atoms with van der Waals surface area (Å²) in [5.41, 5.74) is -0.341. The minimum absolute atomic E-state index is 0.143. The average Bonchev–Trinajstić information content (AvgIpc) is 2.39. The molecule has 1 aromatic heterocycles. The highest BCUT2D eigenvalue weighted by molar-refractivity contribution is 5.42. The fraction of sp³-hybridized carbons (Fsp3) is 0.154. The molecule has 0 saturated heterocycles. The minimum Gasteiger partial charge on any atom is -0.494 e. The molecule has 0 fully saturated rings. The Hall–Kier alpha value is -2.81. The molecule has 0 amide bonds. The number of hydrogen-bond donors (Lipinski definition) is 2. The van der Waals surface area contributed by atoms with Crippen LogP contribution >= 0.6 is 0 Å². The standard InChI is InChI=1S/C13H11N3O3/c1-2-10-11(17)15-13(19)16(12(10)18)9-5-3-8(7-14)4-6-9/h3-6,18H,2H2,1H3,(H,15,17,19). The maximum atomic E-state index is 11.8. The molecule has 0 spiro atoms. The van der Waals surface area contributed by atoms with Gasteiger partial charge in [0.15, 0.2) is 0 Å². The molecule has 6 heteroatoms. The Morgan fingerprint density at radius 2 is 1.95 bits per heavy atom. The van der Waals surface area contributed by atoms with Gasteiger partial charge in [0.1, 0.15) is 0 Å². The van der Waals surface area contributed by atoms with Crippen molar-refractivity contribution in [2.45, 2.75) is 13.3 Å². The zero-order valence-corrected chi connectivity index (χ0v) is 10.2. The number of aromatic amines is 1. The van der Waals surface area contributed by atoms with Crippen molar-refractivity contribution in [2.75, 3.05) is 0 Å². The van der Waals surface area contributed by atoms with Crippen molar-refractivity contribution >= 4 is 0 Å². The number of rotatable bonds is 2. The second kappa shape index (κ2) is 4.82. The molecule has 0 aliphatic heterocycles. The molecule has 19 heavy (non-hydrogen) atoms. The van der Waals surface area contributed by atoms with Crippen LogP contribution in [0.5, 0.6) is 5.88 Å². The average molecular weight is 257 g/mol. The van der Waals surface area contributed by atoms with E-state index in [0.29, 0.717) is 17.7 Å². The fourth-order valence-corrected chi connectivity index (χ4v) is 1.80.